The summed E-state index contributed by atoms with van der Waals surface area (Å²) in [6, 6.07) is 8.05. The van der Waals surface area contributed by atoms with E-state index in [2.05, 4.69) is 63.9 Å². The summed E-state index contributed by atoms with van der Waals surface area (Å²) in [5, 5.41) is 9.30. The molecule has 0 bridgehead atoms. The molecule has 3 heterocycles. The van der Waals surface area contributed by atoms with Crippen molar-refractivity contribution in [1.82, 2.24) is 15.0 Å². The Hall–Kier alpha value is -0.523. The van der Waals surface area contributed by atoms with E-state index in [-0.39, 0.29) is 18.0 Å². The third-order valence-electron chi connectivity index (χ3n) is 4.89. The summed E-state index contributed by atoms with van der Waals surface area (Å²) < 4.78 is 34.7. The predicted octanol–water partition coefficient (Wildman–Crippen LogP) is 6.67. The second-order valence-corrected chi connectivity index (χ2v) is 27.7. The maximum atomic E-state index is 15.8. The summed E-state index contributed by atoms with van der Waals surface area (Å²) >= 11 is 1.49. The van der Waals surface area contributed by atoms with Crippen molar-refractivity contribution < 1.29 is 8.78 Å². The molecule has 1 aromatic carbocycles. The summed E-state index contributed by atoms with van der Waals surface area (Å²) in [5.41, 5.74) is 1.43. The normalized spacial score (nSPS) is 12.7. The van der Waals surface area contributed by atoms with Gasteiger partial charge in [0.15, 0.2) is 0 Å². The Balaban J connectivity index is 1.89. The van der Waals surface area contributed by atoms with Crippen LogP contribution in [0.2, 0.25) is 6.86 Å². The summed E-state index contributed by atoms with van der Waals surface area (Å²) in [7, 11) is 0. The average Bonchev–Trinajstić information content (AvgIpc) is 3.42. The van der Waals surface area contributed by atoms with Gasteiger partial charge in [-0.1, -0.05) is 0 Å². The van der Waals surface area contributed by atoms with Crippen molar-refractivity contribution in [2.45, 2.75) is 68.3 Å². The molecule has 0 N–H and O–H groups in total. The van der Waals surface area contributed by atoms with Crippen LogP contribution in [0.4, 0.5) is 8.78 Å². The molecular weight excluding hydrogens is 682 g/mol. The van der Waals surface area contributed by atoms with E-state index >= 15 is 8.78 Å². The van der Waals surface area contributed by atoms with Gasteiger partial charge in [-0.15, -0.1) is 0 Å². The van der Waals surface area contributed by atoms with Crippen molar-refractivity contribution in [3.8, 4) is 20.9 Å². The number of hydrogen-bond donors (Lipinski definition) is 0. The van der Waals surface area contributed by atoms with Crippen molar-refractivity contribution >= 4 is 81.8 Å². The molecule has 4 aromatic rings. The molecule has 0 saturated heterocycles. The number of aromatic nitrogens is 3. The van der Waals surface area contributed by atoms with Gasteiger partial charge in [-0.25, -0.2) is 0 Å². The van der Waals surface area contributed by atoms with Gasteiger partial charge in [-0.05, 0) is 0 Å². The van der Waals surface area contributed by atoms with Crippen molar-refractivity contribution in [3.05, 3.63) is 35.9 Å². The number of aryl methyl sites for hydroxylation is 1. The van der Waals surface area contributed by atoms with Crippen LogP contribution < -0.4 is 5.79 Å². The van der Waals surface area contributed by atoms with Crippen LogP contribution in [0.3, 0.4) is 0 Å². The van der Waals surface area contributed by atoms with Crippen LogP contribution in [0.25, 0.3) is 31.9 Å². The standard InChI is InChI=1S/C17H11F2N3S2.2C4H9.2Sn/c1-2-7-22-20-16-12(10-5-3-8-23-10)14(18)15(19)13(17(16)21-22)11-6-4-9-24-11;2*1-4(2)3;;/h3-6H,2,7H2,1H3;2*1-3H3;;. The monoisotopic (exact) mass is 713 g/mol. The molecule has 0 amide bonds. The van der Waals surface area contributed by atoms with Crippen LogP contribution in [0.1, 0.15) is 54.9 Å². The van der Waals surface area contributed by atoms with Gasteiger partial charge in [0, 0.05) is 0 Å². The van der Waals surface area contributed by atoms with E-state index < -0.39 is 53.9 Å². The third-order valence-corrected chi connectivity index (χ3v) is 16.5. The Kier molecular flexibility index (Phi) is 7.87. The van der Waals surface area contributed by atoms with E-state index in [4.69, 9.17) is 0 Å². The predicted molar refractivity (Wildman–Crippen MR) is 145 cm³/mol. The van der Waals surface area contributed by atoms with Crippen molar-refractivity contribution in [3.63, 3.8) is 0 Å². The van der Waals surface area contributed by atoms with Crippen LogP contribution in [-0.2, 0) is 6.54 Å². The van der Waals surface area contributed by atoms with E-state index in [9.17, 15) is 0 Å². The van der Waals surface area contributed by atoms with E-state index in [1.165, 1.54) is 5.79 Å². The van der Waals surface area contributed by atoms with Crippen molar-refractivity contribution in [2.24, 2.45) is 0 Å². The molecule has 34 heavy (non-hydrogen) atoms. The van der Waals surface area contributed by atoms with Crippen LogP contribution in [0.15, 0.2) is 24.3 Å². The van der Waals surface area contributed by atoms with E-state index in [0.29, 0.717) is 17.6 Å². The number of benzene rings is 1. The molecule has 0 fully saturated rings. The van der Waals surface area contributed by atoms with Gasteiger partial charge in [0.2, 0.25) is 0 Å². The zero-order valence-electron chi connectivity index (χ0n) is 20.6. The Morgan fingerprint density at radius 3 is 1.53 bits per heavy atom. The summed E-state index contributed by atoms with van der Waals surface area (Å²) in [6.07, 6.45) is 0.847. The topological polar surface area (TPSA) is 30.7 Å². The van der Waals surface area contributed by atoms with E-state index in [1.54, 1.807) is 27.5 Å². The molecule has 9 heteroatoms. The zero-order valence-corrected chi connectivity index (χ0v) is 28.0. The molecule has 0 atom stereocenters. The van der Waals surface area contributed by atoms with Crippen molar-refractivity contribution in [1.29, 1.82) is 0 Å². The van der Waals surface area contributed by atoms with E-state index in [1.807, 2.05) is 19.1 Å². The molecule has 0 unspecified atom stereocenters. The Bertz CT molecular complexity index is 1230. The van der Waals surface area contributed by atoms with Crippen LogP contribution >= 0.6 is 22.7 Å². The number of nitrogens with zero attached hydrogens (tertiary/aromatic N) is 3. The molecule has 178 valence electrons. The molecule has 4 radical (unpaired) electrons. The molecule has 0 aliphatic heterocycles. The number of thiophene rings is 2. The Labute approximate surface area is 228 Å². The zero-order chi connectivity index (χ0) is 24.8. The fraction of sp³-hybridized carbons (Fsp3) is 0.440. The fourth-order valence-electron chi connectivity index (χ4n) is 3.68. The first kappa shape index (κ1) is 26.5. The molecule has 0 saturated carbocycles. The van der Waals surface area contributed by atoms with Crippen LogP contribution in [0, 0.1) is 11.6 Å². The van der Waals surface area contributed by atoms with Gasteiger partial charge < -0.3 is 0 Å². The molecular formula is C25H29F2N3S2Sn2. The summed E-state index contributed by atoms with van der Waals surface area (Å²) in [5.74, 6) is -1.63. The molecule has 3 nitrogen and oxygen atoms in total. The average molecular weight is 711 g/mol. The second kappa shape index (κ2) is 10.1. The van der Waals surface area contributed by atoms with Gasteiger partial charge in [-0.3, -0.25) is 0 Å². The minimum absolute atomic E-state index is 0.256. The number of rotatable bonds is 6. The molecule has 0 aliphatic rings. The molecule has 0 aliphatic carbocycles. The van der Waals surface area contributed by atoms with Crippen LogP contribution in [0.5, 0.6) is 0 Å². The first-order valence-electron chi connectivity index (χ1n) is 11.4. The molecule has 0 spiro atoms. The number of halogens is 2. The second-order valence-electron chi connectivity index (χ2n) is 10.4. The first-order chi connectivity index (χ1) is 15.9. The van der Waals surface area contributed by atoms with Crippen LogP contribution in [-0.4, -0.2) is 57.3 Å². The van der Waals surface area contributed by atoms with Crippen molar-refractivity contribution in [2.75, 3.05) is 0 Å². The van der Waals surface area contributed by atoms with Gasteiger partial charge in [0.05, 0.1) is 0 Å². The van der Waals surface area contributed by atoms with Gasteiger partial charge >= 0.3 is 231 Å². The molecule has 4 rings (SSSR count). The van der Waals surface area contributed by atoms with Gasteiger partial charge in [0.25, 0.3) is 0 Å². The first-order valence-corrected chi connectivity index (χ1v) is 18.7. The number of hydrogen-bond acceptors (Lipinski definition) is 4. The Morgan fingerprint density at radius 2 is 1.18 bits per heavy atom. The summed E-state index contributed by atoms with van der Waals surface area (Å²) in [6.45, 7) is 16.2. The SMILES string of the molecule is CCCn1nc2c(-c3cc[c]([Sn][C](C)(C)C)s3)c(F)c(F)c(-c3cc[c]([Sn][C](C)(C)C)s3)c2n1. The van der Waals surface area contributed by atoms with Gasteiger partial charge in [0.1, 0.15) is 0 Å². The fourth-order valence-corrected chi connectivity index (χ4v) is 17.4. The van der Waals surface area contributed by atoms with E-state index in [0.717, 1.165) is 16.2 Å². The maximum absolute atomic E-state index is 15.8. The van der Waals surface area contributed by atoms with Gasteiger partial charge in [-0.2, -0.15) is 0 Å². The Morgan fingerprint density at radius 1 is 0.765 bits per heavy atom. The summed E-state index contributed by atoms with van der Waals surface area (Å²) in [4.78, 5) is 3.08. The molecule has 3 aromatic heterocycles. The minimum atomic E-state index is -0.842. The third kappa shape index (κ3) is 5.89. The number of fused-ring (bicyclic) bond motifs is 1. The quantitative estimate of drug-likeness (QED) is 0.210.